The highest BCUT2D eigenvalue weighted by molar-refractivity contribution is 6.31. The maximum absolute atomic E-state index is 6.42. The molecule has 2 aromatic carbocycles. The molecule has 0 bridgehead atoms. The molecule has 0 saturated carbocycles. The lowest BCUT2D eigenvalue weighted by molar-refractivity contribution is 0.354. The van der Waals surface area contributed by atoms with E-state index in [9.17, 15) is 0 Å². The fourth-order valence-electron chi connectivity index (χ4n) is 2.39. The first-order chi connectivity index (χ1) is 9.99. The van der Waals surface area contributed by atoms with Crippen molar-refractivity contribution >= 4 is 11.6 Å². The highest BCUT2D eigenvalue weighted by Crippen LogP contribution is 2.37. The minimum atomic E-state index is -0.308. The van der Waals surface area contributed by atoms with E-state index in [2.05, 4.69) is 19.9 Å². The van der Waals surface area contributed by atoms with Crippen LogP contribution in [0.15, 0.2) is 30.3 Å². The lowest BCUT2D eigenvalue weighted by atomic mass is 9.93. The Balaban J connectivity index is 2.53. The second-order valence-electron chi connectivity index (χ2n) is 5.00. The van der Waals surface area contributed by atoms with Gasteiger partial charge in [0.25, 0.3) is 0 Å². The number of benzene rings is 2. The van der Waals surface area contributed by atoms with Crippen molar-refractivity contribution in [1.29, 1.82) is 0 Å². The van der Waals surface area contributed by atoms with E-state index in [1.807, 2.05) is 18.2 Å². The number of hydrogen-bond acceptors (Lipinski definition) is 3. The third kappa shape index (κ3) is 2.99. The van der Waals surface area contributed by atoms with E-state index >= 15 is 0 Å². The quantitative estimate of drug-likeness (QED) is 0.928. The van der Waals surface area contributed by atoms with Gasteiger partial charge < -0.3 is 15.2 Å². The van der Waals surface area contributed by atoms with Crippen molar-refractivity contribution in [2.24, 2.45) is 5.73 Å². The Hall–Kier alpha value is -1.71. The van der Waals surface area contributed by atoms with Crippen molar-refractivity contribution in [3.05, 3.63) is 57.6 Å². The summed E-state index contributed by atoms with van der Waals surface area (Å²) in [4.78, 5) is 0. The smallest absolute Gasteiger partial charge is 0.162 e. The molecule has 0 spiro atoms. The van der Waals surface area contributed by atoms with Gasteiger partial charge in [-0.3, -0.25) is 0 Å². The molecule has 2 N–H and O–H groups in total. The van der Waals surface area contributed by atoms with Crippen LogP contribution in [0.1, 0.15) is 28.3 Å². The van der Waals surface area contributed by atoms with Crippen LogP contribution in [-0.4, -0.2) is 14.2 Å². The Morgan fingerprint density at radius 3 is 2.24 bits per heavy atom. The molecule has 0 saturated heterocycles. The number of halogens is 1. The van der Waals surface area contributed by atoms with Crippen LogP contribution in [0.5, 0.6) is 11.5 Å². The number of hydrogen-bond donors (Lipinski definition) is 1. The summed E-state index contributed by atoms with van der Waals surface area (Å²) in [5, 5.41) is 0.570. The van der Waals surface area contributed by atoms with Crippen LogP contribution in [0.3, 0.4) is 0 Å². The molecule has 0 amide bonds. The molecule has 1 atom stereocenters. The van der Waals surface area contributed by atoms with Gasteiger partial charge in [0.15, 0.2) is 11.5 Å². The van der Waals surface area contributed by atoms with E-state index in [0.29, 0.717) is 16.5 Å². The van der Waals surface area contributed by atoms with Crippen molar-refractivity contribution in [2.45, 2.75) is 19.9 Å². The molecule has 3 nitrogen and oxygen atoms in total. The molecule has 0 aliphatic heterocycles. The second-order valence-corrected chi connectivity index (χ2v) is 5.40. The van der Waals surface area contributed by atoms with Crippen LogP contribution in [0.2, 0.25) is 5.02 Å². The first-order valence-corrected chi connectivity index (χ1v) is 7.10. The summed E-state index contributed by atoms with van der Waals surface area (Å²) in [7, 11) is 3.18. The zero-order valence-electron chi connectivity index (χ0n) is 12.7. The summed E-state index contributed by atoms with van der Waals surface area (Å²) in [5.41, 5.74) is 10.7. The average Bonchev–Trinajstić information content (AvgIpc) is 2.49. The monoisotopic (exact) mass is 305 g/mol. The first-order valence-electron chi connectivity index (χ1n) is 6.72. The minimum absolute atomic E-state index is 0.308. The highest BCUT2D eigenvalue weighted by Gasteiger charge is 2.18. The zero-order valence-corrected chi connectivity index (χ0v) is 13.5. The fraction of sp³-hybridized carbons (Fsp3) is 0.294. The van der Waals surface area contributed by atoms with Crippen molar-refractivity contribution in [1.82, 2.24) is 0 Å². The Morgan fingerprint density at radius 1 is 1.00 bits per heavy atom. The summed E-state index contributed by atoms with van der Waals surface area (Å²) < 4.78 is 10.6. The summed E-state index contributed by atoms with van der Waals surface area (Å²) in [6, 6.07) is 9.37. The van der Waals surface area contributed by atoms with E-state index in [-0.39, 0.29) is 6.04 Å². The number of nitrogens with two attached hydrogens (primary N) is 1. The van der Waals surface area contributed by atoms with Gasteiger partial charge in [-0.15, -0.1) is 0 Å². The van der Waals surface area contributed by atoms with Crippen LogP contribution in [0, 0.1) is 13.8 Å². The number of ether oxygens (including phenoxy) is 2. The van der Waals surface area contributed by atoms with E-state index in [1.54, 1.807) is 20.3 Å². The summed E-state index contributed by atoms with van der Waals surface area (Å²) in [6.45, 7) is 4.14. The van der Waals surface area contributed by atoms with Crippen LogP contribution >= 0.6 is 11.6 Å². The fourth-order valence-corrected chi connectivity index (χ4v) is 2.66. The number of aryl methyl sites for hydroxylation is 1. The maximum Gasteiger partial charge on any atom is 0.162 e. The standard InChI is InChI=1S/C17H20ClNO2/c1-10-6-5-7-12(11(10)2)17(19)13-8-15(20-3)16(21-4)9-14(13)18/h5-9,17H,19H2,1-4H3. The third-order valence-electron chi connectivity index (χ3n) is 3.82. The van der Waals surface area contributed by atoms with Gasteiger partial charge in [0.1, 0.15) is 0 Å². The Bertz CT molecular complexity index is 655. The predicted molar refractivity (Wildman–Crippen MR) is 86.5 cm³/mol. The number of rotatable bonds is 4. The summed E-state index contributed by atoms with van der Waals surface area (Å²) in [5.74, 6) is 1.22. The van der Waals surface area contributed by atoms with Gasteiger partial charge in [-0.1, -0.05) is 29.8 Å². The second kappa shape index (κ2) is 6.37. The van der Waals surface area contributed by atoms with Gasteiger partial charge >= 0.3 is 0 Å². The lowest BCUT2D eigenvalue weighted by Gasteiger charge is -2.19. The molecule has 0 heterocycles. The molecule has 2 rings (SSSR count). The van der Waals surface area contributed by atoms with Crippen LogP contribution < -0.4 is 15.2 Å². The molecular weight excluding hydrogens is 286 g/mol. The maximum atomic E-state index is 6.42. The molecule has 2 aromatic rings. The van der Waals surface area contributed by atoms with Gasteiger partial charge in [0, 0.05) is 11.1 Å². The lowest BCUT2D eigenvalue weighted by Crippen LogP contribution is -2.14. The molecule has 0 aliphatic carbocycles. The molecule has 4 heteroatoms. The first kappa shape index (κ1) is 15.7. The Kier molecular flexibility index (Phi) is 4.76. The Labute approximate surface area is 130 Å². The van der Waals surface area contributed by atoms with E-state index < -0.39 is 0 Å². The summed E-state index contributed by atoms with van der Waals surface area (Å²) in [6.07, 6.45) is 0. The zero-order chi connectivity index (χ0) is 15.6. The summed E-state index contributed by atoms with van der Waals surface area (Å²) >= 11 is 6.36. The SMILES string of the molecule is COc1cc(Cl)c(C(N)c2cccc(C)c2C)cc1OC. The number of methoxy groups -OCH3 is 2. The molecule has 0 aromatic heterocycles. The third-order valence-corrected chi connectivity index (χ3v) is 4.15. The highest BCUT2D eigenvalue weighted by atomic mass is 35.5. The molecular formula is C17H20ClNO2. The van der Waals surface area contributed by atoms with Gasteiger partial charge in [-0.05, 0) is 42.2 Å². The normalized spacial score (nSPS) is 12.1. The average molecular weight is 306 g/mol. The molecule has 21 heavy (non-hydrogen) atoms. The predicted octanol–water partition coefficient (Wildman–Crippen LogP) is 4.02. The molecule has 1 unspecified atom stereocenters. The van der Waals surface area contributed by atoms with Crippen LogP contribution in [0.25, 0.3) is 0 Å². The van der Waals surface area contributed by atoms with Gasteiger partial charge in [-0.2, -0.15) is 0 Å². The van der Waals surface area contributed by atoms with Crippen molar-refractivity contribution < 1.29 is 9.47 Å². The molecule has 0 aliphatic rings. The van der Waals surface area contributed by atoms with Crippen LogP contribution in [-0.2, 0) is 0 Å². The van der Waals surface area contributed by atoms with Gasteiger partial charge in [-0.25, -0.2) is 0 Å². The largest absolute Gasteiger partial charge is 0.493 e. The van der Waals surface area contributed by atoms with E-state index in [0.717, 1.165) is 11.1 Å². The Morgan fingerprint density at radius 2 is 1.62 bits per heavy atom. The van der Waals surface area contributed by atoms with Crippen LogP contribution in [0.4, 0.5) is 0 Å². The van der Waals surface area contributed by atoms with Gasteiger partial charge in [0.2, 0.25) is 0 Å². The molecule has 112 valence electrons. The van der Waals surface area contributed by atoms with Crippen molar-refractivity contribution in [2.75, 3.05) is 14.2 Å². The molecule has 0 radical (unpaired) electrons. The minimum Gasteiger partial charge on any atom is -0.493 e. The van der Waals surface area contributed by atoms with Crippen molar-refractivity contribution in [3.8, 4) is 11.5 Å². The van der Waals surface area contributed by atoms with E-state index in [4.69, 9.17) is 26.8 Å². The van der Waals surface area contributed by atoms with Gasteiger partial charge in [0.05, 0.1) is 20.3 Å². The topological polar surface area (TPSA) is 44.5 Å². The van der Waals surface area contributed by atoms with E-state index in [1.165, 1.54) is 11.1 Å². The molecule has 0 fully saturated rings. The van der Waals surface area contributed by atoms with Crippen molar-refractivity contribution in [3.63, 3.8) is 0 Å².